The van der Waals surface area contributed by atoms with Crippen molar-refractivity contribution in [3.05, 3.63) is 16.3 Å². The second kappa shape index (κ2) is 5.67. The van der Waals surface area contributed by atoms with Gasteiger partial charge in [0.05, 0.1) is 4.88 Å². The van der Waals surface area contributed by atoms with Gasteiger partial charge in [-0.3, -0.25) is 4.79 Å². The van der Waals surface area contributed by atoms with E-state index in [1.54, 1.807) is 11.3 Å². The second-order valence-corrected chi connectivity index (χ2v) is 6.19. The molecule has 0 amide bonds. The molecule has 3 heteroatoms. The molecule has 2 heterocycles. The van der Waals surface area contributed by atoms with Crippen molar-refractivity contribution in [2.45, 2.75) is 33.1 Å². The van der Waals surface area contributed by atoms with Crippen LogP contribution in [0.4, 0.5) is 5.69 Å². The maximum atomic E-state index is 10.7. The lowest BCUT2D eigenvalue weighted by atomic mass is 9.89. The minimum Gasteiger partial charge on any atom is -0.371 e. The van der Waals surface area contributed by atoms with E-state index >= 15 is 0 Å². The number of hydrogen-bond donors (Lipinski definition) is 0. The SMILES string of the molecule is CC(C)C1CCCN(c2csc(C=O)c2)CC1. The number of rotatable bonds is 3. The quantitative estimate of drug-likeness (QED) is 0.761. The maximum Gasteiger partial charge on any atom is 0.160 e. The van der Waals surface area contributed by atoms with Crippen LogP contribution in [0.5, 0.6) is 0 Å². The standard InChI is InChI=1S/C14H21NOS/c1-11(2)12-4-3-6-15(7-5-12)13-8-14(9-16)17-10-13/h8-12H,3-7H2,1-2H3. The zero-order chi connectivity index (χ0) is 12.3. The van der Waals surface area contributed by atoms with E-state index in [9.17, 15) is 4.79 Å². The average Bonchev–Trinajstić information content (AvgIpc) is 2.65. The van der Waals surface area contributed by atoms with E-state index in [0.29, 0.717) is 0 Å². The van der Waals surface area contributed by atoms with E-state index in [1.807, 2.05) is 6.07 Å². The summed E-state index contributed by atoms with van der Waals surface area (Å²) in [5.74, 6) is 1.66. The largest absolute Gasteiger partial charge is 0.371 e. The molecule has 0 aliphatic carbocycles. The first kappa shape index (κ1) is 12.6. The van der Waals surface area contributed by atoms with Crippen LogP contribution in [0.2, 0.25) is 0 Å². The Bertz CT molecular complexity index is 372. The summed E-state index contributed by atoms with van der Waals surface area (Å²) < 4.78 is 0. The van der Waals surface area contributed by atoms with Crippen LogP contribution in [0.1, 0.15) is 42.8 Å². The number of aldehydes is 1. The number of thiophene rings is 1. The van der Waals surface area contributed by atoms with Crippen LogP contribution in [-0.4, -0.2) is 19.4 Å². The highest BCUT2D eigenvalue weighted by Gasteiger charge is 2.20. The smallest absolute Gasteiger partial charge is 0.160 e. The van der Waals surface area contributed by atoms with Crippen LogP contribution < -0.4 is 4.90 Å². The monoisotopic (exact) mass is 251 g/mol. The normalized spacial score (nSPS) is 21.6. The summed E-state index contributed by atoms with van der Waals surface area (Å²) in [6.07, 6.45) is 4.85. The van der Waals surface area contributed by atoms with Gasteiger partial charge in [0.25, 0.3) is 0 Å². The molecule has 1 aromatic heterocycles. The van der Waals surface area contributed by atoms with Gasteiger partial charge in [0.2, 0.25) is 0 Å². The fraction of sp³-hybridized carbons (Fsp3) is 0.643. The number of nitrogens with zero attached hydrogens (tertiary/aromatic N) is 1. The van der Waals surface area contributed by atoms with Crippen LogP contribution >= 0.6 is 11.3 Å². The average molecular weight is 251 g/mol. The molecule has 17 heavy (non-hydrogen) atoms. The summed E-state index contributed by atoms with van der Waals surface area (Å²) in [7, 11) is 0. The number of hydrogen-bond acceptors (Lipinski definition) is 3. The predicted molar refractivity (Wildman–Crippen MR) is 74.1 cm³/mol. The predicted octanol–water partition coefficient (Wildman–Crippen LogP) is 3.82. The van der Waals surface area contributed by atoms with Crippen molar-refractivity contribution in [2.75, 3.05) is 18.0 Å². The van der Waals surface area contributed by atoms with Crippen molar-refractivity contribution < 1.29 is 4.79 Å². The lowest BCUT2D eigenvalue weighted by Gasteiger charge is -2.22. The molecular formula is C14H21NOS. The topological polar surface area (TPSA) is 20.3 Å². The van der Waals surface area contributed by atoms with Crippen LogP contribution in [0.25, 0.3) is 0 Å². The van der Waals surface area contributed by atoms with Gasteiger partial charge in [-0.2, -0.15) is 0 Å². The molecule has 1 atom stereocenters. The number of carbonyl (C=O) groups is 1. The molecule has 1 aliphatic rings. The summed E-state index contributed by atoms with van der Waals surface area (Å²) in [5.41, 5.74) is 1.24. The van der Waals surface area contributed by atoms with Gasteiger partial charge in [-0.25, -0.2) is 0 Å². The van der Waals surface area contributed by atoms with Gasteiger partial charge in [-0.15, -0.1) is 11.3 Å². The Morgan fingerprint density at radius 2 is 2.24 bits per heavy atom. The molecule has 1 fully saturated rings. The Morgan fingerprint density at radius 1 is 1.41 bits per heavy atom. The van der Waals surface area contributed by atoms with Crippen molar-refractivity contribution in [1.29, 1.82) is 0 Å². The third kappa shape index (κ3) is 3.09. The van der Waals surface area contributed by atoms with Crippen molar-refractivity contribution in [3.63, 3.8) is 0 Å². The molecule has 2 nitrogen and oxygen atoms in total. The van der Waals surface area contributed by atoms with Gasteiger partial charge in [0.1, 0.15) is 0 Å². The van der Waals surface area contributed by atoms with Gasteiger partial charge >= 0.3 is 0 Å². The first-order chi connectivity index (χ1) is 8.20. The number of carbonyl (C=O) groups excluding carboxylic acids is 1. The van der Waals surface area contributed by atoms with E-state index in [4.69, 9.17) is 0 Å². The summed E-state index contributed by atoms with van der Waals surface area (Å²) >= 11 is 1.55. The molecule has 0 aromatic carbocycles. The van der Waals surface area contributed by atoms with E-state index in [-0.39, 0.29) is 0 Å². The molecule has 0 radical (unpaired) electrons. The first-order valence-electron chi connectivity index (χ1n) is 6.49. The molecular weight excluding hydrogens is 230 g/mol. The molecule has 0 N–H and O–H groups in total. The van der Waals surface area contributed by atoms with E-state index < -0.39 is 0 Å². The lowest BCUT2D eigenvalue weighted by molar-refractivity contribution is 0.112. The van der Waals surface area contributed by atoms with Crippen molar-refractivity contribution >= 4 is 23.3 Å². The summed E-state index contributed by atoms with van der Waals surface area (Å²) in [6, 6.07) is 2.02. The highest BCUT2D eigenvalue weighted by Crippen LogP contribution is 2.29. The zero-order valence-corrected chi connectivity index (χ0v) is 11.5. The Morgan fingerprint density at radius 3 is 2.88 bits per heavy atom. The van der Waals surface area contributed by atoms with Gasteiger partial charge < -0.3 is 4.90 Å². The van der Waals surface area contributed by atoms with Crippen molar-refractivity contribution in [3.8, 4) is 0 Å². The molecule has 0 spiro atoms. The Labute approximate surface area is 108 Å². The maximum absolute atomic E-state index is 10.7. The minimum atomic E-state index is 0.794. The van der Waals surface area contributed by atoms with E-state index in [1.165, 1.54) is 24.9 Å². The highest BCUT2D eigenvalue weighted by atomic mass is 32.1. The van der Waals surface area contributed by atoms with Crippen molar-refractivity contribution in [2.24, 2.45) is 11.8 Å². The first-order valence-corrected chi connectivity index (χ1v) is 7.37. The zero-order valence-electron chi connectivity index (χ0n) is 10.7. The third-order valence-electron chi connectivity index (χ3n) is 3.80. The molecule has 2 rings (SSSR count). The molecule has 1 aromatic rings. The number of anilines is 1. The summed E-state index contributed by atoms with van der Waals surface area (Å²) in [6.45, 7) is 6.93. The highest BCUT2D eigenvalue weighted by molar-refractivity contribution is 7.12. The Balaban J connectivity index is 2.00. The molecule has 0 bridgehead atoms. The van der Waals surface area contributed by atoms with Crippen LogP contribution in [0.3, 0.4) is 0 Å². The minimum absolute atomic E-state index is 0.794. The van der Waals surface area contributed by atoms with E-state index in [0.717, 1.165) is 36.1 Å². The Hall–Kier alpha value is -0.830. The summed E-state index contributed by atoms with van der Waals surface area (Å²) in [4.78, 5) is 14.0. The third-order valence-corrected chi connectivity index (χ3v) is 4.65. The van der Waals surface area contributed by atoms with Gasteiger partial charge in [0.15, 0.2) is 6.29 Å². The van der Waals surface area contributed by atoms with Crippen molar-refractivity contribution in [1.82, 2.24) is 0 Å². The van der Waals surface area contributed by atoms with Crippen LogP contribution in [0, 0.1) is 11.8 Å². The van der Waals surface area contributed by atoms with E-state index in [2.05, 4.69) is 24.1 Å². The van der Waals surface area contributed by atoms with Gasteiger partial charge in [-0.1, -0.05) is 13.8 Å². The van der Waals surface area contributed by atoms with Crippen LogP contribution in [0.15, 0.2) is 11.4 Å². The molecule has 1 unspecified atom stereocenters. The molecule has 1 saturated heterocycles. The second-order valence-electron chi connectivity index (χ2n) is 5.25. The van der Waals surface area contributed by atoms with Gasteiger partial charge in [0, 0.05) is 24.2 Å². The molecule has 0 saturated carbocycles. The van der Waals surface area contributed by atoms with Crippen LogP contribution in [-0.2, 0) is 0 Å². The van der Waals surface area contributed by atoms with Gasteiger partial charge in [-0.05, 0) is 37.2 Å². The fourth-order valence-corrected chi connectivity index (χ4v) is 3.34. The Kier molecular flexibility index (Phi) is 4.21. The fourth-order valence-electron chi connectivity index (χ4n) is 2.62. The lowest BCUT2D eigenvalue weighted by Crippen LogP contribution is -2.23. The summed E-state index contributed by atoms with van der Waals surface area (Å²) in [5, 5.41) is 2.11. The molecule has 1 aliphatic heterocycles. The molecule has 94 valence electrons.